The van der Waals surface area contributed by atoms with E-state index >= 15 is 0 Å². The van der Waals surface area contributed by atoms with Crippen molar-refractivity contribution in [2.75, 3.05) is 5.73 Å². The van der Waals surface area contributed by atoms with Gasteiger partial charge in [0.05, 0.1) is 5.52 Å². The maximum Gasteiger partial charge on any atom is 0.220 e. The zero-order chi connectivity index (χ0) is 14.3. The number of fused-ring (bicyclic) bond motifs is 1. The van der Waals surface area contributed by atoms with Crippen LogP contribution in [0.5, 0.6) is 0 Å². The van der Waals surface area contributed by atoms with Crippen LogP contribution in [-0.2, 0) is 0 Å². The lowest BCUT2D eigenvalue weighted by atomic mass is 9.99. The zero-order valence-electron chi connectivity index (χ0n) is 10.7. The lowest BCUT2D eigenvalue weighted by Crippen LogP contribution is -1.95. The van der Waals surface area contributed by atoms with E-state index in [1.807, 2.05) is 25.1 Å². The summed E-state index contributed by atoms with van der Waals surface area (Å²) in [6, 6.07) is 8.76. The Morgan fingerprint density at radius 1 is 1.25 bits per heavy atom. The van der Waals surface area contributed by atoms with Crippen molar-refractivity contribution >= 4 is 32.8 Å². The molecule has 100 valence electrons. The van der Waals surface area contributed by atoms with Gasteiger partial charge in [0.2, 0.25) is 5.95 Å². The van der Waals surface area contributed by atoms with Crippen molar-refractivity contribution in [2.45, 2.75) is 6.92 Å². The summed E-state index contributed by atoms with van der Waals surface area (Å²) < 4.78 is 14.8. The molecule has 0 atom stereocenters. The number of halogens is 2. The van der Waals surface area contributed by atoms with E-state index in [4.69, 9.17) is 5.73 Å². The number of hydrogen-bond acceptors (Lipinski definition) is 3. The summed E-state index contributed by atoms with van der Waals surface area (Å²) in [5.74, 6) is -0.0272. The van der Waals surface area contributed by atoms with E-state index in [9.17, 15) is 4.39 Å². The van der Waals surface area contributed by atoms with Crippen LogP contribution in [0.15, 0.2) is 41.0 Å². The first-order chi connectivity index (χ1) is 9.56. The van der Waals surface area contributed by atoms with Gasteiger partial charge in [0.15, 0.2) is 0 Å². The van der Waals surface area contributed by atoms with Crippen LogP contribution in [0, 0.1) is 12.7 Å². The monoisotopic (exact) mass is 331 g/mol. The lowest BCUT2D eigenvalue weighted by Gasteiger charge is -2.10. The van der Waals surface area contributed by atoms with Crippen LogP contribution in [0.25, 0.3) is 22.0 Å². The van der Waals surface area contributed by atoms with Crippen molar-refractivity contribution in [1.29, 1.82) is 0 Å². The predicted octanol–water partition coefficient (Wildman–Crippen LogP) is 4.09. The third kappa shape index (κ3) is 2.14. The van der Waals surface area contributed by atoms with Gasteiger partial charge < -0.3 is 5.73 Å². The molecule has 0 amide bonds. The van der Waals surface area contributed by atoms with Crippen molar-refractivity contribution in [2.24, 2.45) is 0 Å². The first kappa shape index (κ1) is 13.0. The van der Waals surface area contributed by atoms with E-state index in [-0.39, 0.29) is 11.8 Å². The zero-order valence-corrected chi connectivity index (χ0v) is 12.3. The minimum Gasteiger partial charge on any atom is -0.368 e. The number of aryl methyl sites for hydroxylation is 1. The van der Waals surface area contributed by atoms with Gasteiger partial charge >= 0.3 is 0 Å². The minimum absolute atomic E-state index is 0.216. The summed E-state index contributed by atoms with van der Waals surface area (Å²) in [6.45, 7) is 1.88. The average molecular weight is 332 g/mol. The molecule has 3 aromatic rings. The van der Waals surface area contributed by atoms with Gasteiger partial charge in [0.1, 0.15) is 5.82 Å². The SMILES string of the molecule is Cc1cccc(F)c1-c1cc(Br)c2nc(N)ncc2c1. The fourth-order valence-electron chi connectivity index (χ4n) is 2.26. The number of nitrogens with two attached hydrogens (primary N) is 1. The Balaban J connectivity index is 2.31. The summed E-state index contributed by atoms with van der Waals surface area (Å²) in [5, 5.41) is 0.811. The molecule has 0 bridgehead atoms. The molecule has 0 saturated carbocycles. The maximum atomic E-state index is 14.1. The van der Waals surface area contributed by atoms with E-state index in [1.165, 1.54) is 6.07 Å². The fraction of sp³-hybridized carbons (Fsp3) is 0.0667. The first-order valence-electron chi connectivity index (χ1n) is 6.03. The number of nitrogen functional groups attached to an aromatic ring is 1. The van der Waals surface area contributed by atoms with Crippen molar-refractivity contribution < 1.29 is 4.39 Å². The summed E-state index contributed by atoms with van der Waals surface area (Å²) >= 11 is 3.46. The van der Waals surface area contributed by atoms with Gasteiger partial charge in [-0.15, -0.1) is 0 Å². The molecule has 1 heterocycles. The molecule has 5 heteroatoms. The highest BCUT2D eigenvalue weighted by molar-refractivity contribution is 9.10. The number of nitrogens with zero attached hydrogens (tertiary/aromatic N) is 2. The molecule has 0 spiro atoms. The Labute approximate surface area is 123 Å². The summed E-state index contributed by atoms with van der Waals surface area (Å²) in [6.07, 6.45) is 1.64. The molecule has 0 unspecified atom stereocenters. The van der Waals surface area contributed by atoms with Crippen LogP contribution in [0.1, 0.15) is 5.56 Å². The molecule has 0 aliphatic carbocycles. The molecule has 2 N–H and O–H groups in total. The van der Waals surface area contributed by atoms with Crippen molar-refractivity contribution in [3.63, 3.8) is 0 Å². The van der Waals surface area contributed by atoms with Crippen molar-refractivity contribution in [3.8, 4) is 11.1 Å². The summed E-state index contributed by atoms with van der Waals surface area (Å²) in [7, 11) is 0. The number of rotatable bonds is 1. The van der Waals surface area contributed by atoms with Gasteiger partial charge in [-0.1, -0.05) is 12.1 Å². The molecule has 0 radical (unpaired) electrons. The molecule has 0 fully saturated rings. The second-order valence-corrected chi connectivity index (χ2v) is 5.41. The quantitative estimate of drug-likeness (QED) is 0.730. The van der Waals surface area contributed by atoms with Crippen molar-refractivity contribution in [3.05, 3.63) is 52.4 Å². The van der Waals surface area contributed by atoms with Crippen molar-refractivity contribution in [1.82, 2.24) is 9.97 Å². The van der Waals surface area contributed by atoms with Crippen LogP contribution in [-0.4, -0.2) is 9.97 Å². The topological polar surface area (TPSA) is 51.8 Å². The Kier molecular flexibility index (Phi) is 3.14. The number of hydrogen-bond donors (Lipinski definition) is 1. The molecule has 3 rings (SSSR count). The van der Waals surface area contributed by atoms with Crippen LogP contribution >= 0.6 is 15.9 Å². The van der Waals surface area contributed by atoms with Gasteiger partial charge in [0.25, 0.3) is 0 Å². The highest BCUT2D eigenvalue weighted by Crippen LogP contribution is 2.33. The molecular weight excluding hydrogens is 321 g/mol. The Morgan fingerprint density at radius 3 is 2.80 bits per heavy atom. The molecule has 3 nitrogen and oxygen atoms in total. The van der Waals surface area contributed by atoms with Crippen LogP contribution < -0.4 is 5.73 Å². The largest absolute Gasteiger partial charge is 0.368 e. The standard InChI is InChI=1S/C15H11BrFN3/c1-8-3-2-4-12(17)13(8)9-5-10-7-19-15(18)20-14(10)11(16)6-9/h2-7H,1H3,(H2,18,19,20). The third-order valence-corrected chi connectivity index (χ3v) is 3.77. The van der Waals surface area contributed by atoms with E-state index in [0.717, 1.165) is 26.5 Å². The van der Waals surface area contributed by atoms with Crippen LogP contribution in [0.4, 0.5) is 10.3 Å². The smallest absolute Gasteiger partial charge is 0.220 e. The molecule has 20 heavy (non-hydrogen) atoms. The third-order valence-electron chi connectivity index (χ3n) is 3.17. The predicted molar refractivity (Wildman–Crippen MR) is 81.8 cm³/mol. The van der Waals surface area contributed by atoms with E-state index in [1.54, 1.807) is 12.3 Å². The summed E-state index contributed by atoms with van der Waals surface area (Å²) in [5.41, 5.74) is 8.56. The normalized spacial score (nSPS) is 10.9. The van der Waals surface area contributed by atoms with Crippen LogP contribution in [0.3, 0.4) is 0 Å². The molecule has 0 saturated heterocycles. The van der Waals surface area contributed by atoms with Gasteiger partial charge in [0, 0.05) is 21.6 Å². The lowest BCUT2D eigenvalue weighted by molar-refractivity contribution is 0.630. The Bertz CT molecular complexity index is 797. The molecule has 2 aromatic carbocycles. The second kappa shape index (κ2) is 4.83. The first-order valence-corrected chi connectivity index (χ1v) is 6.83. The fourth-order valence-corrected chi connectivity index (χ4v) is 2.82. The maximum absolute atomic E-state index is 14.1. The Hall–Kier alpha value is -2.01. The number of anilines is 1. The van der Waals surface area contributed by atoms with E-state index < -0.39 is 0 Å². The Morgan fingerprint density at radius 2 is 2.05 bits per heavy atom. The minimum atomic E-state index is -0.243. The highest BCUT2D eigenvalue weighted by Gasteiger charge is 2.11. The van der Waals surface area contributed by atoms with Gasteiger partial charge in [-0.25, -0.2) is 14.4 Å². The molecule has 1 aromatic heterocycles. The molecular formula is C15H11BrFN3. The van der Waals surface area contributed by atoms with Gasteiger partial charge in [-0.2, -0.15) is 0 Å². The van der Waals surface area contributed by atoms with E-state index in [2.05, 4.69) is 25.9 Å². The van der Waals surface area contributed by atoms with Gasteiger partial charge in [-0.3, -0.25) is 0 Å². The molecule has 0 aliphatic rings. The van der Waals surface area contributed by atoms with Crippen LogP contribution in [0.2, 0.25) is 0 Å². The number of benzene rings is 2. The van der Waals surface area contributed by atoms with Gasteiger partial charge in [-0.05, 0) is 52.2 Å². The second-order valence-electron chi connectivity index (χ2n) is 4.56. The number of aromatic nitrogens is 2. The molecule has 0 aliphatic heterocycles. The average Bonchev–Trinajstić information content (AvgIpc) is 2.39. The summed E-state index contributed by atoms with van der Waals surface area (Å²) in [4.78, 5) is 8.16. The highest BCUT2D eigenvalue weighted by atomic mass is 79.9. The van der Waals surface area contributed by atoms with E-state index in [0.29, 0.717) is 5.56 Å².